The third-order valence-electron chi connectivity index (χ3n) is 6.06. The van der Waals surface area contributed by atoms with Crippen molar-refractivity contribution in [2.24, 2.45) is 0 Å². The molecule has 0 spiro atoms. The number of nitrogens with two attached hydrogens (primary N) is 1. The van der Waals surface area contributed by atoms with E-state index < -0.39 is 0 Å². The summed E-state index contributed by atoms with van der Waals surface area (Å²) in [6.45, 7) is 6.71. The Bertz CT molecular complexity index is 689. The van der Waals surface area contributed by atoms with Crippen molar-refractivity contribution in [2.75, 3.05) is 5.73 Å². The van der Waals surface area contributed by atoms with Gasteiger partial charge in [0.25, 0.3) is 0 Å². The zero-order valence-electron chi connectivity index (χ0n) is 18.6. The molecule has 2 rings (SSSR count). The number of nitrogens with zero attached hydrogens (tertiary/aromatic N) is 2. The standard InChI is InChI=1S/C24H42N4/c1-4-7-9-11-13-15-17-20-21(18-16-14-12-10-8-5-2)24-23(26-28-27-24)19(6-3)22(20)25/h4-18,25H2,1-3H3,(H,26,27,28). The molecule has 0 saturated heterocycles. The summed E-state index contributed by atoms with van der Waals surface area (Å²) in [6.07, 6.45) is 18.9. The molecule has 0 bridgehead atoms. The third kappa shape index (κ3) is 6.22. The molecule has 0 amide bonds. The predicted octanol–water partition coefficient (Wildman–Crippen LogP) is 6.91. The van der Waals surface area contributed by atoms with Crippen molar-refractivity contribution >= 4 is 16.7 Å². The number of anilines is 1. The molecule has 4 nitrogen and oxygen atoms in total. The number of aryl methyl sites for hydroxylation is 2. The van der Waals surface area contributed by atoms with Crippen molar-refractivity contribution in [3.8, 4) is 0 Å². The molecule has 0 radical (unpaired) electrons. The molecule has 4 heteroatoms. The Labute approximate surface area is 172 Å². The van der Waals surface area contributed by atoms with E-state index in [4.69, 9.17) is 5.73 Å². The molecule has 0 unspecified atom stereocenters. The van der Waals surface area contributed by atoms with E-state index in [9.17, 15) is 0 Å². The number of aromatic amines is 1. The van der Waals surface area contributed by atoms with Crippen LogP contribution in [0.15, 0.2) is 0 Å². The Morgan fingerprint density at radius 2 is 1.21 bits per heavy atom. The maximum Gasteiger partial charge on any atom is 0.118 e. The van der Waals surface area contributed by atoms with Gasteiger partial charge in [0.1, 0.15) is 5.52 Å². The summed E-state index contributed by atoms with van der Waals surface area (Å²) in [5.41, 5.74) is 13.7. The molecule has 0 atom stereocenters. The van der Waals surface area contributed by atoms with Gasteiger partial charge in [0.2, 0.25) is 0 Å². The summed E-state index contributed by atoms with van der Waals surface area (Å²) in [7, 11) is 0. The summed E-state index contributed by atoms with van der Waals surface area (Å²) in [6, 6.07) is 0. The summed E-state index contributed by atoms with van der Waals surface area (Å²) in [4.78, 5) is 0. The lowest BCUT2D eigenvalue weighted by atomic mass is 9.90. The van der Waals surface area contributed by atoms with Crippen LogP contribution in [0.1, 0.15) is 115 Å². The van der Waals surface area contributed by atoms with Crippen LogP contribution in [0.2, 0.25) is 0 Å². The quantitative estimate of drug-likeness (QED) is 0.258. The molecule has 3 N–H and O–H groups in total. The summed E-state index contributed by atoms with van der Waals surface area (Å²) >= 11 is 0. The average Bonchev–Trinajstić information content (AvgIpc) is 3.18. The van der Waals surface area contributed by atoms with Crippen molar-refractivity contribution in [3.63, 3.8) is 0 Å². The van der Waals surface area contributed by atoms with Gasteiger partial charge >= 0.3 is 0 Å². The van der Waals surface area contributed by atoms with Crippen LogP contribution in [0.4, 0.5) is 5.69 Å². The molecule has 28 heavy (non-hydrogen) atoms. The van der Waals surface area contributed by atoms with Crippen molar-refractivity contribution in [3.05, 3.63) is 16.7 Å². The first-order valence-corrected chi connectivity index (χ1v) is 11.9. The minimum absolute atomic E-state index is 0.912. The SMILES string of the molecule is CCCCCCCCc1c(N)c(CC)c2nn[nH]c2c1CCCCCCCC. The number of nitrogens with one attached hydrogen (secondary N) is 1. The Balaban J connectivity index is 2.10. The van der Waals surface area contributed by atoms with E-state index in [0.717, 1.165) is 36.0 Å². The summed E-state index contributed by atoms with van der Waals surface area (Å²) in [5, 5.41) is 11.7. The maximum atomic E-state index is 6.67. The van der Waals surface area contributed by atoms with E-state index in [1.165, 1.54) is 93.7 Å². The van der Waals surface area contributed by atoms with E-state index in [1.807, 2.05) is 0 Å². The Hall–Kier alpha value is -1.58. The number of aromatic nitrogens is 3. The van der Waals surface area contributed by atoms with Crippen LogP contribution in [0.25, 0.3) is 11.0 Å². The second-order valence-corrected chi connectivity index (χ2v) is 8.27. The number of rotatable bonds is 15. The molecule has 2 aromatic rings. The second-order valence-electron chi connectivity index (χ2n) is 8.27. The number of hydrogen-bond donors (Lipinski definition) is 2. The largest absolute Gasteiger partial charge is 0.398 e. The second kappa shape index (κ2) is 12.8. The molecule has 0 saturated carbocycles. The van der Waals surface area contributed by atoms with Crippen LogP contribution in [0, 0.1) is 0 Å². The highest BCUT2D eigenvalue weighted by molar-refractivity contribution is 5.88. The topological polar surface area (TPSA) is 67.6 Å². The fourth-order valence-electron chi connectivity index (χ4n) is 4.36. The number of unbranched alkanes of at least 4 members (excludes halogenated alkanes) is 10. The van der Waals surface area contributed by atoms with Crippen molar-refractivity contribution < 1.29 is 0 Å². The van der Waals surface area contributed by atoms with Gasteiger partial charge in [-0.25, -0.2) is 0 Å². The minimum Gasteiger partial charge on any atom is -0.398 e. The number of benzene rings is 1. The van der Waals surface area contributed by atoms with E-state index >= 15 is 0 Å². The molecule has 158 valence electrons. The Morgan fingerprint density at radius 3 is 1.79 bits per heavy atom. The lowest BCUT2D eigenvalue weighted by Crippen LogP contribution is -2.07. The molecule has 1 aromatic heterocycles. The monoisotopic (exact) mass is 386 g/mol. The smallest absolute Gasteiger partial charge is 0.118 e. The molecular weight excluding hydrogens is 344 g/mol. The minimum atomic E-state index is 0.912. The highest BCUT2D eigenvalue weighted by Gasteiger charge is 2.18. The zero-order valence-corrected chi connectivity index (χ0v) is 18.6. The fraction of sp³-hybridized carbons (Fsp3) is 0.750. The highest BCUT2D eigenvalue weighted by atomic mass is 15.3. The predicted molar refractivity (Wildman–Crippen MR) is 122 cm³/mol. The Morgan fingerprint density at radius 1 is 0.679 bits per heavy atom. The van der Waals surface area contributed by atoms with E-state index in [0.29, 0.717) is 0 Å². The van der Waals surface area contributed by atoms with Crippen LogP contribution < -0.4 is 5.73 Å². The average molecular weight is 387 g/mol. The van der Waals surface area contributed by atoms with Gasteiger partial charge in [-0.3, -0.25) is 5.10 Å². The van der Waals surface area contributed by atoms with Crippen molar-refractivity contribution in [2.45, 2.75) is 117 Å². The van der Waals surface area contributed by atoms with Crippen molar-refractivity contribution in [1.29, 1.82) is 0 Å². The van der Waals surface area contributed by atoms with E-state index in [-0.39, 0.29) is 0 Å². The van der Waals surface area contributed by atoms with E-state index in [1.54, 1.807) is 0 Å². The zero-order chi connectivity index (χ0) is 20.2. The molecule has 0 aliphatic rings. The van der Waals surface area contributed by atoms with Crippen LogP contribution in [-0.2, 0) is 19.3 Å². The Kier molecular flexibility index (Phi) is 10.4. The van der Waals surface area contributed by atoms with E-state index in [2.05, 4.69) is 36.2 Å². The molecule has 1 heterocycles. The van der Waals surface area contributed by atoms with Crippen LogP contribution in [-0.4, -0.2) is 15.4 Å². The van der Waals surface area contributed by atoms with Crippen LogP contribution >= 0.6 is 0 Å². The van der Waals surface area contributed by atoms with Gasteiger partial charge in [0.15, 0.2) is 0 Å². The van der Waals surface area contributed by atoms with Gasteiger partial charge < -0.3 is 5.73 Å². The summed E-state index contributed by atoms with van der Waals surface area (Å²) < 4.78 is 0. The van der Waals surface area contributed by atoms with Crippen LogP contribution in [0.5, 0.6) is 0 Å². The number of H-pyrrole nitrogens is 1. The molecule has 0 aliphatic heterocycles. The fourth-order valence-corrected chi connectivity index (χ4v) is 4.36. The van der Waals surface area contributed by atoms with Gasteiger partial charge in [0, 0.05) is 11.3 Å². The lowest BCUT2D eigenvalue weighted by molar-refractivity contribution is 0.600. The molecule has 1 aromatic carbocycles. The van der Waals surface area contributed by atoms with Crippen molar-refractivity contribution in [1.82, 2.24) is 15.4 Å². The van der Waals surface area contributed by atoms with Gasteiger partial charge in [-0.15, -0.1) is 5.10 Å². The lowest BCUT2D eigenvalue weighted by Gasteiger charge is -2.17. The molecule has 0 aliphatic carbocycles. The van der Waals surface area contributed by atoms with Gasteiger partial charge in [0.05, 0.1) is 5.52 Å². The number of hydrogen-bond acceptors (Lipinski definition) is 3. The molecule has 0 fully saturated rings. The number of fused-ring (bicyclic) bond motifs is 1. The normalized spacial score (nSPS) is 11.5. The first kappa shape index (κ1) is 22.7. The summed E-state index contributed by atoms with van der Waals surface area (Å²) in [5.74, 6) is 0. The first-order chi connectivity index (χ1) is 13.7. The van der Waals surface area contributed by atoms with Gasteiger partial charge in [-0.05, 0) is 43.2 Å². The first-order valence-electron chi connectivity index (χ1n) is 11.9. The third-order valence-corrected chi connectivity index (χ3v) is 6.06. The molecular formula is C24H42N4. The van der Waals surface area contributed by atoms with Gasteiger partial charge in [-0.1, -0.05) is 90.2 Å². The number of nitrogen functional groups attached to an aromatic ring is 1. The maximum absolute atomic E-state index is 6.67. The van der Waals surface area contributed by atoms with Gasteiger partial charge in [-0.2, -0.15) is 0 Å². The van der Waals surface area contributed by atoms with Crippen LogP contribution in [0.3, 0.4) is 0 Å². The highest BCUT2D eigenvalue weighted by Crippen LogP contribution is 2.33.